The fourth-order valence-electron chi connectivity index (χ4n) is 7.06. The normalized spacial score (nSPS) is 13.0. The van der Waals surface area contributed by atoms with Crippen LogP contribution in [-0.4, -0.2) is 34.9 Å². The average Bonchev–Trinajstić information content (AvgIpc) is 3.10. The fourth-order valence-corrected chi connectivity index (χ4v) is 7.06. The lowest BCUT2D eigenvalue weighted by Gasteiger charge is -2.20. The van der Waals surface area contributed by atoms with Crippen LogP contribution in [0.2, 0.25) is 0 Å². The van der Waals surface area contributed by atoms with Gasteiger partial charge in [-0.1, -0.05) is 238 Å². The van der Waals surface area contributed by atoms with Gasteiger partial charge in [-0.05, 0) is 19.3 Å². The number of aliphatic hydroxyl groups excluding tert-OH is 2. The molecule has 4 nitrogen and oxygen atoms in total. The maximum atomic E-state index is 12.4. The van der Waals surface area contributed by atoms with Gasteiger partial charge in [0, 0.05) is 6.42 Å². The van der Waals surface area contributed by atoms with Gasteiger partial charge in [-0.25, -0.2) is 0 Å². The fraction of sp³-hybridized carbons (Fsp3) is 0.933. The highest BCUT2D eigenvalue weighted by atomic mass is 16.3. The number of unbranched alkanes of at least 4 members (excludes halogenated alkanes) is 34. The van der Waals surface area contributed by atoms with E-state index >= 15 is 0 Å². The van der Waals surface area contributed by atoms with Crippen molar-refractivity contribution in [1.82, 2.24) is 5.32 Å². The first kappa shape index (κ1) is 48.1. The van der Waals surface area contributed by atoms with Gasteiger partial charge in [0.15, 0.2) is 0 Å². The van der Waals surface area contributed by atoms with Crippen LogP contribution in [0.4, 0.5) is 0 Å². The van der Waals surface area contributed by atoms with Crippen molar-refractivity contribution >= 4 is 5.91 Å². The van der Waals surface area contributed by atoms with Crippen molar-refractivity contribution in [3.63, 3.8) is 0 Å². The lowest BCUT2D eigenvalue weighted by molar-refractivity contribution is -0.123. The molecular formula is C45H89NO3. The van der Waals surface area contributed by atoms with Crippen molar-refractivity contribution in [3.05, 3.63) is 12.2 Å². The Hall–Kier alpha value is -0.870. The minimum absolute atomic E-state index is 0.0599. The molecule has 49 heavy (non-hydrogen) atoms. The molecule has 1 amide bonds. The number of amides is 1. The standard InChI is InChI=1S/C45H89NO3/c1-3-5-7-9-11-13-15-17-18-19-20-21-22-23-24-25-26-27-28-29-31-33-35-37-39-41-45(49)46-43(42-47)44(48)40-38-36-34-32-30-16-14-12-10-8-6-4-2/h38,40,43-44,47-48H,3-37,39,41-42H2,1-2H3,(H,46,49)/b40-38+/t43-,44+/m0/s1. The van der Waals surface area contributed by atoms with Crippen LogP contribution in [0.1, 0.15) is 251 Å². The van der Waals surface area contributed by atoms with E-state index in [1.165, 1.54) is 205 Å². The molecule has 0 saturated carbocycles. The number of hydrogen-bond acceptors (Lipinski definition) is 3. The Balaban J connectivity index is 3.45. The Morgan fingerprint density at radius 3 is 1.06 bits per heavy atom. The maximum Gasteiger partial charge on any atom is 0.220 e. The molecule has 2 atom stereocenters. The van der Waals surface area contributed by atoms with Gasteiger partial charge in [0.2, 0.25) is 5.91 Å². The molecule has 0 aliphatic rings. The Morgan fingerprint density at radius 2 is 0.755 bits per heavy atom. The maximum absolute atomic E-state index is 12.4. The van der Waals surface area contributed by atoms with Crippen molar-refractivity contribution in [1.29, 1.82) is 0 Å². The Morgan fingerprint density at radius 1 is 0.469 bits per heavy atom. The largest absolute Gasteiger partial charge is 0.394 e. The molecule has 0 aromatic heterocycles. The van der Waals surface area contributed by atoms with E-state index in [0.717, 1.165) is 25.7 Å². The molecule has 0 fully saturated rings. The Labute approximate surface area is 307 Å². The first-order valence-corrected chi connectivity index (χ1v) is 22.4. The van der Waals surface area contributed by atoms with Crippen LogP contribution in [0.25, 0.3) is 0 Å². The number of allylic oxidation sites excluding steroid dienone is 1. The monoisotopic (exact) mass is 692 g/mol. The molecule has 0 aliphatic carbocycles. The third-order valence-corrected chi connectivity index (χ3v) is 10.5. The van der Waals surface area contributed by atoms with Gasteiger partial charge < -0.3 is 15.5 Å². The molecule has 0 aliphatic heterocycles. The summed E-state index contributed by atoms with van der Waals surface area (Å²) in [6.07, 6.45) is 51.9. The zero-order valence-electron chi connectivity index (χ0n) is 33.5. The second-order valence-electron chi connectivity index (χ2n) is 15.5. The predicted molar refractivity (Wildman–Crippen MR) is 216 cm³/mol. The molecule has 292 valence electrons. The first-order valence-electron chi connectivity index (χ1n) is 22.4. The van der Waals surface area contributed by atoms with E-state index in [9.17, 15) is 15.0 Å². The molecule has 0 unspecified atom stereocenters. The second kappa shape index (κ2) is 41.5. The van der Waals surface area contributed by atoms with Gasteiger partial charge in [-0.2, -0.15) is 0 Å². The summed E-state index contributed by atoms with van der Waals surface area (Å²) in [5, 5.41) is 23.0. The smallest absolute Gasteiger partial charge is 0.220 e. The van der Waals surface area contributed by atoms with Crippen LogP contribution in [0.3, 0.4) is 0 Å². The third kappa shape index (κ3) is 38.2. The van der Waals surface area contributed by atoms with Crippen LogP contribution in [0.5, 0.6) is 0 Å². The van der Waals surface area contributed by atoms with Gasteiger partial charge in [-0.3, -0.25) is 4.79 Å². The van der Waals surface area contributed by atoms with E-state index in [2.05, 4.69) is 19.2 Å². The lowest BCUT2D eigenvalue weighted by atomic mass is 10.0. The molecule has 0 bridgehead atoms. The molecule has 0 heterocycles. The molecule has 0 spiro atoms. The van der Waals surface area contributed by atoms with E-state index in [4.69, 9.17) is 0 Å². The van der Waals surface area contributed by atoms with Crippen LogP contribution in [0.15, 0.2) is 12.2 Å². The third-order valence-electron chi connectivity index (χ3n) is 10.5. The second-order valence-corrected chi connectivity index (χ2v) is 15.5. The van der Waals surface area contributed by atoms with Crippen molar-refractivity contribution in [2.75, 3.05) is 6.61 Å². The van der Waals surface area contributed by atoms with E-state index in [0.29, 0.717) is 6.42 Å². The predicted octanol–water partition coefficient (Wildman–Crippen LogP) is 13.9. The van der Waals surface area contributed by atoms with Gasteiger partial charge in [0.25, 0.3) is 0 Å². The van der Waals surface area contributed by atoms with E-state index in [1.807, 2.05) is 6.08 Å². The van der Waals surface area contributed by atoms with Gasteiger partial charge in [0.05, 0.1) is 18.8 Å². The SMILES string of the molecule is CCCCCCCCCCCC/C=C/[C@@H](O)[C@H](CO)NC(=O)CCCCCCCCCCCCCCCCCCCCCCCCCCC. The number of aliphatic hydroxyl groups is 2. The zero-order chi connectivity index (χ0) is 35.7. The van der Waals surface area contributed by atoms with Gasteiger partial charge in [0.1, 0.15) is 0 Å². The number of nitrogens with one attached hydrogen (secondary N) is 1. The summed E-state index contributed by atoms with van der Waals surface area (Å²) < 4.78 is 0. The number of hydrogen-bond donors (Lipinski definition) is 3. The van der Waals surface area contributed by atoms with Crippen molar-refractivity contribution in [3.8, 4) is 0 Å². The summed E-state index contributed by atoms with van der Waals surface area (Å²) in [4.78, 5) is 12.4. The molecule has 4 heteroatoms. The summed E-state index contributed by atoms with van der Waals surface area (Å²) in [6.45, 7) is 4.32. The van der Waals surface area contributed by atoms with Gasteiger partial charge in [-0.15, -0.1) is 0 Å². The summed E-state index contributed by atoms with van der Waals surface area (Å²) in [7, 11) is 0. The first-order chi connectivity index (χ1) is 24.2. The van der Waals surface area contributed by atoms with Crippen LogP contribution < -0.4 is 5.32 Å². The van der Waals surface area contributed by atoms with Crippen LogP contribution >= 0.6 is 0 Å². The summed E-state index contributed by atoms with van der Waals surface area (Å²) in [5.74, 6) is -0.0599. The van der Waals surface area contributed by atoms with E-state index in [-0.39, 0.29) is 12.5 Å². The van der Waals surface area contributed by atoms with Crippen LogP contribution in [0, 0.1) is 0 Å². The number of carbonyl (C=O) groups is 1. The minimum Gasteiger partial charge on any atom is -0.394 e. The Kier molecular flexibility index (Phi) is 40.8. The Bertz CT molecular complexity index is 666. The molecule has 0 saturated heterocycles. The summed E-state index contributed by atoms with van der Waals surface area (Å²) in [5.41, 5.74) is 0. The van der Waals surface area contributed by atoms with E-state index in [1.54, 1.807) is 6.08 Å². The van der Waals surface area contributed by atoms with E-state index < -0.39 is 12.1 Å². The number of carbonyl (C=O) groups excluding carboxylic acids is 1. The van der Waals surface area contributed by atoms with Gasteiger partial charge >= 0.3 is 0 Å². The van der Waals surface area contributed by atoms with Crippen molar-refractivity contribution < 1.29 is 15.0 Å². The summed E-state index contributed by atoms with van der Waals surface area (Å²) >= 11 is 0. The van der Waals surface area contributed by atoms with Crippen LogP contribution in [-0.2, 0) is 4.79 Å². The summed E-state index contributed by atoms with van der Waals surface area (Å²) in [6, 6.07) is -0.615. The average molecular weight is 692 g/mol. The highest BCUT2D eigenvalue weighted by Crippen LogP contribution is 2.16. The molecule has 0 rings (SSSR count). The molecule has 3 N–H and O–H groups in total. The van der Waals surface area contributed by atoms with Crippen molar-refractivity contribution in [2.45, 2.75) is 264 Å². The molecule has 0 aromatic rings. The quantitative estimate of drug-likeness (QED) is 0.0441. The molecule has 0 radical (unpaired) electrons. The highest BCUT2D eigenvalue weighted by molar-refractivity contribution is 5.76. The molecule has 0 aromatic carbocycles. The molecular weight excluding hydrogens is 602 g/mol. The number of rotatable bonds is 41. The van der Waals surface area contributed by atoms with Crippen molar-refractivity contribution in [2.24, 2.45) is 0 Å². The minimum atomic E-state index is -0.832. The topological polar surface area (TPSA) is 69.6 Å². The zero-order valence-corrected chi connectivity index (χ0v) is 33.5. The highest BCUT2D eigenvalue weighted by Gasteiger charge is 2.17. The lowest BCUT2D eigenvalue weighted by Crippen LogP contribution is -2.45.